The second-order valence-corrected chi connectivity index (χ2v) is 4.95. The van der Waals surface area contributed by atoms with Crippen LogP contribution >= 0.6 is 0 Å². The predicted molar refractivity (Wildman–Crippen MR) is 68.1 cm³/mol. The van der Waals surface area contributed by atoms with E-state index >= 15 is 0 Å². The number of likely N-dealkylation sites (N-methyl/N-ethyl adjacent to an activating group) is 1. The number of piperidine rings is 1. The van der Waals surface area contributed by atoms with E-state index in [-0.39, 0.29) is 18.4 Å². The van der Waals surface area contributed by atoms with Crippen LogP contribution in [0.1, 0.15) is 30.7 Å². The number of hydrogen-bond donors (Lipinski definition) is 0. The zero-order valence-electron chi connectivity index (χ0n) is 11.4. The van der Waals surface area contributed by atoms with Gasteiger partial charge < -0.3 is 14.3 Å². The van der Waals surface area contributed by atoms with E-state index in [1.54, 1.807) is 22.9 Å². The summed E-state index contributed by atoms with van der Waals surface area (Å²) in [6.45, 7) is 3.05. The molecule has 2 rings (SSSR count). The SMILES string of the molecule is Cc1cc(CN(C)C(=O)CN2CCCCC2=O)no1. The second-order valence-electron chi connectivity index (χ2n) is 4.95. The molecule has 0 unspecified atom stereocenters. The first-order chi connectivity index (χ1) is 9.06. The van der Waals surface area contributed by atoms with Crippen LogP contribution in [0.4, 0.5) is 0 Å². The van der Waals surface area contributed by atoms with E-state index in [0.29, 0.717) is 19.5 Å². The summed E-state index contributed by atoms with van der Waals surface area (Å²) in [7, 11) is 1.71. The molecule has 0 saturated carbocycles. The highest BCUT2D eigenvalue weighted by molar-refractivity contribution is 5.85. The topological polar surface area (TPSA) is 66.7 Å². The molecule has 0 radical (unpaired) electrons. The van der Waals surface area contributed by atoms with Crippen LogP contribution in [0.25, 0.3) is 0 Å². The van der Waals surface area contributed by atoms with Gasteiger partial charge in [0.05, 0.1) is 13.1 Å². The Kier molecular flexibility index (Phi) is 4.19. The lowest BCUT2D eigenvalue weighted by atomic mass is 10.1. The molecule has 1 saturated heterocycles. The van der Waals surface area contributed by atoms with Crippen LogP contribution in [0.5, 0.6) is 0 Å². The molecule has 1 aliphatic heterocycles. The maximum atomic E-state index is 12.0. The third-order valence-electron chi connectivity index (χ3n) is 3.25. The predicted octanol–water partition coefficient (Wildman–Crippen LogP) is 0.954. The third-order valence-corrected chi connectivity index (χ3v) is 3.25. The van der Waals surface area contributed by atoms with Crippen LogP contribution in [0, 0.1) is 6.92 Å². The number of hydrogen-bond acceptors (Lipinski definition) is 4. The summed E-state index contributed by atoms with van der Waals surface area (Å²) in [6, 6.07) is 1.80. The number of nitrogens with zero attached hydrogens (tertiary/aromatic N) is 3. The Balaban J connectivity index is 1.86. The monoisotopic (exact) mass is 265 g/mol. The van der Waals surface area contributed by atoms with Crippen LogP contribution in [-0.2, 0) is 16.1 Å². The lowest BCUT2D eigenvalue weighted by Gasteiger charge is -2.28. The van der Waals surface area contributed by atoms with E-state index in [4.69, 9.17) is 4.52 Å². The number of aromatic nitrogens is 1. The van der Waals surface area contributed by atoms with Crippen molar-refractivity contribution in [3.63, 3.8) is 0 Å². The van der Waals surface area contributed by atoms with Gasteiger partial charge in [0.2, 0.25) is 11.8 Å². The average molecular weight is 265 g/mol. The molecule has 2 heterocycles. The molecular formula is C13H19N3O3. The van der Waals surface area contributed by atoms with Gasteiger partial charge in [-0.2, -0.15) is 0 Å². The number of amides is 2. The quantitative estimate of drug-likeness (QED) is 0.813. The third kappa shape index (κ3) is 3.56. The summed E-state index contributed by atoms with van der Waals surface area (Å²) < 4.78 is 4.96. The second kappa shape index (κ2) is 5.86. The van der Waals surface area contributed by atoms with Crippen LogP contribution in [0.3, 0.4) is 0 Å². The minimum Gasteiger partial charge on any atom is -0.361 e. The van der Waals surface area contributed by atoms with Gasteiger partial charge in [0.15, 0.2) is 0 Å². The highest BCUT2D eigenvalue weighted by Gasteiger charge is 2.22. The van der Waals surface area contributed by atoms with E-state index in [1.165, 1.54) is 0 Å². The molecule has 0 atom stereocenters. The zero-order valence-corrected chi connectivity index (χ0v) is 11.4. The largest absolute Gasteiger partial charge is 0.361 e. The molecule has 0 bridgehead atoms. The Labute approximate surface area is 112 Å². The maximum absolute atomic E-state index is 12.0. The standard InChI is InChI=1S/C13H19N3O3/c1-10-7-11(14-19-10)8-15(2)13(18)9-16-6-4-3-5-12(16)17/h7H,3-6,8-9H2,1-2H3. The summed E-state index contributed by atoms with van der Waals surface area (Å²) in [5, 5.41) is 3.85. The van der Waals surface area contributed by atoms with Crippen molar-refractivity contribution in [1.29, 1.82) is 0 Å². The molecule has 104 valence electrons. The first kappa shape index (κ1) is 13.6. The first-order valence-electron chi connectivity index (χ1n) is 6.50. The normalized spacial score (nSPS) is 15.7. The van der Waals surface area contributed by atoms with Gasteiger partial charge in [0, 0.05) is 26.1 Å². The molecule has 0 aromatic carbocycles. The van der Waals surface area contributed by atoms with Crippen LogP contribution in [0.2, 0.25) is 0 Å². The van der Waals surface area contributed by atoms with Crippen molar-refractivity contribution in [1.82, 2.24) is 15.0 Å². The van der Waals surface area contributed by atoms with Gasteiger partial charge in [-0.15, -0.1) is 0 Å². The molecular weight excluding hydrogens is 246 g/mol. The lowest BCUT2D eigenvalue weighted by molar-refractivity contribution is -0.141. The van der Waals surface area contributed by atoms with Gasteiger partial charge in [-0.25, -0.2) is 0 Å². The Morgan fingerprint density at radius 3 is 2.95 bits per heavy atom. The molecule has 1 fully saturated rings. The molecule has 6 heteroatoms. The summed E-state index contributed by atoms with van der Waals surface area (Å²) >= 11 is 0. The Hall–Kier alpha value is -1.85. The maximum Gasteiger partial charge on any atom is 0.242 e. The summed E-state index contributed by atoms with van der Waals surface area (Å²) in [5.74, 6) is 0.725. The van der Waals surface area contributed by atoms with Crippen molar-refractivity contribution in [2.45, 2.75) is 32.7 Å². The van der Waals surface area contributed by atoms with E-state index in [9.17, 15) is 9.59 Å². The lowest BCUT2D eigenvalue weighted by Crippen LogP contribution is -2.43. The molecule has 1 aromatic heterocycles. The van der Waals surface area contributed by atoms with E-state index in [1.807, 2.05) is 6.92 Å². The van der Waals surface area contributed by atoms with Gasteiger partial charge in [-0.3, -0.25) is 9.59 Å². The van der Waals surface area contributed by atoms with Crippen LogP contribution < -0.4 is 0 Å². The van der Waals surface area contributed by atoms with Gasteiger partial charge >= 0.3 is 0 Å². The number of carbonyl (C=O) groups excluding carboxylic acids is 2. The molecule has 1 aliphatic rings. The van der Waals surface area contributed by atoms with Gasteiger partial charge in [-0.05, 0) is 19.8 Å². The highest BCUT2D eigenvalue weighted by atomic mass is 16.5. The fourth-order valence-corrected chi connectivity index (χ4v) is 2.14. The van der Waals surface area contributed by atoms with Crippen molar-refractivity contribution in [2.24, 2.45) is 0 Å². The Morgan fingerprint density at radius 1 is 1.53 bits per heavy atom. The summed E-state index contributed by atoms with van der Waals surface area (Å²) in [5.41, 5.74) is 0.721. The summed E-state index contributed by atoms with van der Waals surface area (Å²) in [6.07, 6.45) is 2.46. The van der Waals surface area contributed by atoms with Gasteiger partial charge in [0.1, 0.15) is 11.5 Å². The molecule has 1 aromatic rings. The molecule has 0 N–H and O–H groups in total. The smallest absolute Gasteiger partial charge is 0.242 e. The first-order valence-corrected chi connectivity index (χ1v) is 6.50. The highest BCUT2D eigenvalue weighted by Crippen LogP contribution is 2.11. The molecule has 0 spiro atoms. The number of carbonyl (C=O) groups is 2. The van der Waals surface area contributed by atoms with Crippen molar-refractivity contribution >= 4 is 11.8 Å². The number of likely N-dealkylation sites (tertiary alicyclic amines) is 1. The van der Waals surface area contributed by atoms with E-state index < -0.39 is 0 Å². The minimum atomic E-state index is -0.0732. The van der Waals surface area contributed by atoms with Gasteiger partial charge in [0.25, 0.3) is 0 Å². The van der Waals surface area contributed by atoms with Crippen LogP contribution in [0.15, 0.2) is 10.6 Å². The van der Waals surface area contributed by atoms with Crippen molar-refractivity contribution in [3.05, 3.63) is 17.5 Å². The fraction of sp³-hybridized carbons (Fsp3) is 0.615. The molecule has 0 aliphatic carbocycles. The fourth-order valence-electron chi connectivity index (χ4n) is 2.14. The molecule has 6 nitrogen and oxygen atoms in total. The van der Waals surface area contributed by atoms with Crippen LogP contribution in [-0.4, -0.2) is 46.9 Å². The summed E-state index contributed by atoms with van der Waals surface area (Å²) in [4.78, 5) is 26.9. The average Bonchev–Trinajstić information content (AvgIpc) is 2.77. The molecule has 19 heavy (non-hydrogen) atoms. The van der Waals surface area contributed by atoms with Crippen molar-refractivity contribution in [3.8, 4) is 0 Å². The van der Waals surface area contributed by atoms with E-state index in [2.05, 4.69) is 5.16 Å². The molecule has 2 amide bonds. The minimum absolute atomic E-state index is 0.0732. The van der Waals surface area contributed by atoms with Gasteiger partial charge in [-0.1, -0.05) is 5.16 Å². The Morgan fingerprint density at radius 2 is 2.32 bits per heavy atom. The number of aryl methyl sites for hydroxylation is 1. The van der Waals surface area contributed by atoms with E-state index in [0.717, 1.165) is 24.3 Å². The Bertz CT molecular complexity index is 469. The van der Waals surface area contributed by atoms with Crippen molar-refractivity contribution in [2.75, 3.05) is 20.1 Å². The number of rotatable bonds is 4. The van der Waals surface area contributed by atoms with Crippen molar-refractivity contribution < 1.29 is 14.1 Å². The zero-order chi connectivity index (χ0) is 13.8.